The predicted octanol–water partition coefficient (Wildman–Crippen LogP) is 4.26. The van der Waals surface area contributed by atoms with E-state index in [0.717, 1.165) is 35.9 Å². The number of anilines is 1. The summed E-state index contributed by atoms with van der Waals surface area (Å²) < 4.78 is 5.73. The van der Waals surface area contributed by atoms with Crippen molar-refractivity contribution < 1.29 is 9.53 Å². The van der Waals surface area contributed by atoms with Gasteiger partial charge in [-0.05, 0) is 35.4 Å². The molecule has 0 bridgehead atoms. The van der Waals surface area contributed by atoms with Crippen molar-refractivity contribution in [2.45, 2.75) is 19.5 Å². The summed E-state index contributed by atoms with van der Waals surface area (Å²) in [6, 6.07) is 15.7. The van der Waals surface area contributed by atoms with Crippen LogP contribution in [0.4, 0.5) is 5.69 Å². The third-order valence-corrected chi connectivity index (χ3v) is 5.22. The third-order valence-electron chi connectivity index (χ3n) is 4.97. The molecule has 6 nitrogen and oxygen atoms in total. The van der Waals surface area contributed by atoms with Crippen LogP contribution in [0.5, 0.6) is 0 Å². The van der Waals surface area contributed by atoms with Gasteiger partial charge in [-0.25, -0.2) is 4.98 Å². The van der Waals surface area contributed by atoms with E-state index in [4.69, 9.17) is 16.3 Å². The average Bonchev–Trinajstić information content (AvgIpc) is 3.20. The van der Waals surface area contributed by atoms with Crippen molar-refractivity contribution in [2.24, 2.45) is 0 Å². The number of halogens is 1. The Morgan fingerprint density at radius 3 is 2.72 bits per heavy atom. The zero-order valence-electron chi connectivity index (χ0n) is 16.2. The minimum absolute atomic E-state index is 0.0554. The molecule has 0 radical (unpaired) electrons. The van der Waals surface area contributed by atoms with Crippen molar-refractivity contribution in [3.63, 3.8) is 0 Å². The molecule has 150 valence electrons. The van der Waals surface area contributed by atoms with Gasteiger partial charge in [-0.3, -0.25) is 9.69 Å². The van der Waals surface area contributed by atoms with E-state index in [9.17, 15) is 4.79 Å². The number of nitrogens with one attached hydrogen (secondary N) is 2. The molecule has 1 amide bonds. The number of aromatic amines is 1. The van der Waals surface area contributed by atoms with Gasteiger partial charge in [-0.1, -0.05) is 35.9 Å². The lowest BCUT2D eigenvalue weighted by atomic mass is 10.1. The molecule has 7 heteroatoms. The lowest BCUT2D eigenvalue weighted by Gasteiger charge is -2.34. The van der Waals surface area contributed by atoms with Crippen LogP contribution < -0.4 is 5.32 Å². The Hall–Kier alpha value is -2.67. The summed E-state index contributed by atoms with van der Waals surface area (Å²) in [6.45, 7) is 4.41. The van der Waals surface area contributed by atoms with Crippen LogP contribution in [-0.4, -0.2) is 40.5 Å². The van der Waals surface area contributed by atoms with Crippen LogP contribution in [0.25, 0.3) is 11.3 Å². The molecule has 2 N–H and O–H groups in total. The maximum Gasteiger partial charge on any atom is 0.221 e. The molecule has 29 heavy (non-hydrogen) atoms. The molecule has 3 aromatic rings. The Kier molecular flexibility index (Phi) is 5.94. The van der Waals surface area contributed by atoms with Crippen LogP contribution >= 0.6 is 11.6 Å². The number of aromatic nitrogens is 2. The molecule has 1 fully saturated rings. The number of hydrogen-bond acceptors (Lipinski definition) is 4. The average molecular weight is 411 g/mol. The van der Waals surface area contributed by atoms with Crippen LogP contribution in [0.15, 0.2) is 54.7 Å². The van der Waals surface area contributed by atoms with Gasteiger partial charge in [0.05, 0.1) is 31.1 Å². The van der Waals surface area contributed by atoms with Gasteiger partial charge in [0.25, 0.3) is 0 Å². The normalized spacial score (nSPS) is 17.2. The largest absolute Gasteiger partial charge is 0.378 e. The van der Waals surface area contributed by atoms with Gasteiger partial charge in [0.1, 0.15) is 5.82 Å². The molecule has 0 saturated carbocycles. The maximum absolute atomic E-state index is 11.2. The van der Waals surface area contributed by atoms with E-state index in [1.807, 2.05) is 54.7 Å². The molecule has 2 aromatic carbocycles. The van der Waals surface area contributed by atoms with E-state index in [-0.39, 0.29) is 11.9 Å². The van der Waals surface area contributed by atoms with E-state index in [1.165, 1.54) is 12.5 Å². The summed E-state index contributed by atoms with van der Waals surface area (Å²) in [5.41, 5.74) is 3.99. The quantitative estimate of drug-likeness (QED) is 0.659. The van der Waals surface area contributed by atoms with Crippen LogP contribution in [0, 0.1) is 0 Å². The highest BCUT2D eigenvalue weighted by Gasteiger charge is 2.27. The van der Waals surface area contributed by atoms with Gasteiger partial charge >= 0.3 is 0 Å². The summed E-state index contributed by atoms with van der Waals surface area (Å²) in [4.78, 5) is 21.6. The van der Waals surface area contributed by atoms with Crippen LogP contribution in [0.2, 0.25) is 5.02 Å². The van der Waals surface area contributed by atoms with E-state index in [2.05, 4.69) is 20.2 Å². The lowest BCUT2D eigenvalue weighted by Crippen LogP contribution is -2.39. The first-order valence-electron chi connectivity index (χ1n) is 9.57. The Balaban J connectivity index is 1.49. The molecule has 1 aliphatic rings. The molecular formula is C22H23ClN4O2. The van der Waals surface area contributed by atoms with Gasteiger partial charge < -0.3 is 15.0 Å². The van der Waals surface area contributed by atoms with Crippen molar-refractivity contribution in [3.05, 3.63) is 71.1 Å². The zero-order valence-corrected chi connectivity index (χ0v) is 16.9. The van der Waals surface area contributed by atoms with Crippen LogP contribution in [0.3, 0.4) is 0 Å². The SMILES string of the molecule is CC(=O)Nc1ccc(CN2CCOC[C@H]2c2ncc(-c3ccc(Cl)cc3)[nH]2)cc1. The number of amides is 1. The molecule has 4 rings (SSSR count). The monoisotopic (exact) mass is 410 g/mol. The smallest absolute Gasteiger partial charge is 0.221 e. The first-order chi connectivity index (χ1) is 14.1. The van der Waals surface area contributed by atoms with Gasteiger partial charge in [0.15, 0.2) is 0 Å². The van der Waals surface area contributed by atoms with E-state index >= 15 is 0 Å². The number of hydrogen-bond donors (Lipinski definition) is 2. The molecule has 0 aliphatic carbocycles. The van der Waals surface area contributed by atoms with E-state index in [1.54, 1.807) is 0 Å². The molecule has 0 unspecified atom stereocenters. The van der Waals surface area contributed by atoms with Crippen molar-refractivity contribution in [1.29, 1.82) is 0 Å². The van der Waals surface area contributed by atoms with Crippen molar-refractivity contribution in [2.75, 3.05) is 25.1 Å². The summed E-state index contributed by atoms with van der Waals surface area (Å²) in [5, 5.41) is 3.51. The number of imidazole rings is 1. The fraction of sp³-hybridized carbons (Fsp3) is 0.273. The highest BCUT2D eigenvalue weighted by Crippen LogP contribution is 2.27. The number of nitrogens with zero attached hydrogens (tertiary/aromatic N) is 2. The molecule has 1 atom stereocenters. The third kappa shape index (κ3) is 4.85. The Bertz CT molecular complexity index is 969. The number of carbonyl (C=O) groups excluding carboxylic acids is 1. The minimum atomic E-state index is -0.0692. The molecule has 1 saturated heterocycles. The highest BCUT2D eigenvalue weighted by molar-refractivity contribution is 6.30. The second-order valence-corrected chi connectivity index (χ2v) is 7.56. The summed E-state index contributed by atoms with van der Waals surface area (Å²) in [7, 11) is 0. The van der Waals surface area contributed by atoms with Gasteiger partial charge in [0, 0.05) is 30.7 Å². The highest BCUT2D eigenvalue weighted by atomic mass is 35.5. The number of benzene rings is 2. The molecule has 2 heterocycles. The maximum atomic E-state index is 11.2. The summed E-state index contributed by atoms with van der Waals surface area (Å²) >= 11 is 5.99. The molecule has 1 aliphatic heterocycles. The first kappa shape index (κ1) is 19.6. The molecule has 0 spiro atoms. The van der Waals surface area contributed by atoms with Crippen molar-refractivity contribution in [1.82, 2.24) is 14.9 Å². The van der Waals surface area contributed by atoms with Crippen molar-refractivity contribution >= 4 is 23.2 Å². The van der Waals surface area contributed by atoms with Gasteiger partial charge in [-0.2, -0.15) is 0 Å². The fourth-order valence-corrected chi connectivity index (χ4v) is 3.62. The van der Waals surface area contributed by atoms with E-state index < -0.39 is 0 Å². The second kappa shape index (κ2) is 8.78. The number of rotatable bonds is 5. The second-order valence-electron chi connectivity index (χ2n) is 7.13. The van der Waals surface area contributed by atoms with Gasteiger partial charge in [-0.15, -0.1) is 0 Å². The fourth-order valence-electron chi connectivity index (χ4n) is 3.49. The topological polar surface area (TPSA) is 70.2 Å². The Morgan fingerprint density at radius 2 is 2.00 bits per heavy atom. The zero-order chi connectivity index (χ0) is 20.2. The van der Waals surface area contributed by atoms with Crippen molar-refractivity contribution in [3.8, 4) is 11.3 Å². The lowest BCUT2D eigenvalue weighted by molar-refractivity contribution is -0.114. The predicted molar refractivity (Wildman–Crippen MR) is 114 cm³/mol. The van der Waals surface area contributed by atoms with Gasteiger partial charge in [0.2, 0.25) is 5.91 Å². The Morgan fingerprint density at radius 1 is 1.24 bits per heavy atom. The Labute approximate surface area is 174 Å². The van der Waals surface area contributed by atoms with Crippen LogP contribution in [-0.2, 0) is 16.1 Å². The summed E-state index contributed by atoms with van der Waals surface area (Å²) in [5.74, 6) is 0.824. The number of morpholine rings is 1. The minimum Gasteiger partial charge on any atom is -0.378 e. The standard InChI is InChI=1S/C22H23ClN4O2/c1-15(28)25-19-8-2-16(3-9-19)13-27-10-11-29-14-21(27)22-24-12-20(26-22)17-4-6-18(23)7-5-17/h2-9,12,21H,10-11,13-14H2,1H3,(H,24,26)(H,25,28)/t21-/m0/s1. The van der Waals surface area contributed by atoms with Crippen LogP contribution in [0.1, 0.15) is 24.4 Å². The number of carbonyl (C=O) groups is 1. The van der Waals surface area contributed by atoms with E-state index in [0.29, 0.717) is 18.2 Å². The number of H-pyrrole nitrogens is 1. The summed E-state index contributed by atoms with van der Waals surface area (Å²) in [6.07, 6.45) is 1.85. The number of ether oxygens (including phenoxy) is 1. The first-order valence-corrected chi connectivity index (χ1v) is 9.95. The molecular weight excluding hydrogens is 388 g/mol. The molecule has 1 aromatic heterocycles.